The Hall–Kier alpha value is -1.84. The molecule has 4 heteroatoms. The normalized spacial score (nSPS) is 17.9. The molecule has 1 aliphatic carbocycles. The van der Waals surface area contributed by atoms with Crippen LogP contribution in [0.2, 0.25) is 0 Å². The molecule has 118 valence electrons. The SMILES string of the molecule is CC(C)(C)C(=O)Nc1ccc2c(c1)CCCN2C(=O)C1CC1. The summed E-state index contributed by atoms with van der Waals surface area (Å²) >= 11 is 0. The van der Waals surface area contributed by atoms with Crippen LogP contribution < -0.4 is 10.2 Å². The molecule has 4 nitrogen and oxygen atoms in total. The van der Waals surface area contributed by atoms with E-state index in [0.717, 1.165) is 49.2 Å². The molecular weight excluding hydrogens is 276 g/mol. The van der Waals surface area contributed by atoms with Gasteiger partial charge in [-0.2, -0.15) is 0 Å². The van der Waals surface area contributed by atoms with E-state index in [9.17, 15) is 9.59 Å². The van der Waals surface area contributed by atoms with Gasteiger partial charge >= 0.3 is 0 Å². The predicted octanol–water partition coefficient (Wildman–Crippen LogP) is 3.36. The maximum Gasteiger partial charge on any atom is 0.230 e. The van der Waals surface area contributed by atoms with Crippen molar-refractivity contribution in [3.8, 4) is 0 Å². The molecule has 2 amide bonds. The summed E-state index contributed by atoms with van der Waals surface area (Å²) in [5.41, 5.74) is 2.59. The van der Waals surface area contributed by atoms with Gasteiger partial charge in [-0.25, -0.2) is 0 Å². The maximum absolute atomic E-state index is 12.4. The summed E-state index contributed by atoms with van der Waals surface area (Å²) in [5.74, 6) is 0.521. The number of hydrogen-bond donors (Lipinski definition) is 1. The summed E-state index contributed by atoms with van der Waals surface area (Å²) in [7, 11) is 0. The van der Waals surface area contributed by atoms with E-state index in [2.05, 4.69) is 5.32 Å². The van der Waals surface area contributed by atoms with Crippen molar-refractivity contribution >= 4 is 23.2 Å². The summed E-state index contributed by atoms with van der Waals surface area (Å²) in [6, 6.07) is 5.90. The molecule has 1 aromatic rings. The van der Waals surface area contributed by atoms with Gasteiger partial charge in [0.25, 0.3) is 0 Å². The Bertz CT molecular complexity index is 612. The van der Waals surface area contributed by atoms with Gasteiger partial charge in [-0.1, -0.05) is 20.8 Å². The molecular formula is C18H24N2O2. The number of nitrogens with one attached hydrogen (secondary N) is 1. The highest BCUT2D eigenvalue weighted by atomic mass is 16.2. The molecule has 1 aromatic carbocycles. The quantitative estimate of drug-likeness (QED) is 0.910. The van der Waals surface area contributed by atoms with E-state index < -0.39 is 5.41 Å². The lowest BCUT2D eigenvalue weighted by Crippen LogP contribution is -2.36. The lowest BCUT2D eigenvalue weighted by molar-refractivity contribution is -0.123. The third kappa shape index (κ3) is 3.01. The average molecular weight is 300 g/mol. The van der Waals surface area contributed by atoms with Crippen molar-refractivity contribution in [1.29, 1.82) is 0 Å². The minimum Gasteiger partial charge on any atom is -0.326 e. The Balaban J connectivity index is 1.81. The number of carbonyl (C=O) groups is 2. The first-order valence-electron chi connectivity index (χ1n) is 8.12. The molecule has 3 rings (SSSR count). The molecule has 0 saturated heterocycles. The highest BCUT2D eigenvalue weighted by Gasteiger charge is 2.35. The van der Waals surface area contributed by atoms with Crippen LogP contribution in [0, 0.1) is 11.3 Å². The van der Waals surface area contributed by atoms with Gasteiger partial charge in [0.1, 0.15) is 0 Å². The summed E-state index contributed by atoms with van der Waals surface area (Å²) in [4.78, 5) is 26.4. The van der Waals surface area contributed by atoms with Gasteiger partial charge in [-0.3, -0.25) is 9.59 Å². The van der Waals surface area contributed by atoms with Gasteiger partial charge in [-0.15, -0.1) is 0 Å². The number of rotatable bonds is 2. The molecule has 1 heterocycles. The van der Waals surface area contributed by atoms with Crippen LogP contribution in [0.5, 0.6) is 0 Å². The lowest BCUT2D eigenvalue weighted by atomic mass is 9.95. The minimum absolute atomic E-state index is 0.00849. The van der Waals surface area contributed by atoms with Gasteiger partial charge in [-0.05, 0) is 49.4 Å². The second kappa shape index (κ2) is 5.41. The third-order valence-electron chi connectivity index (χ3n) is 4.33. The number of benzene rings is 1. The summed E-state index contributed by atoms with van der Waals surface area (Å²) in [5, 5.41) is 2.97. The topological polar surface area (TPSA) is 49.4 Å². The van der Waals surface area contributed by atoms with Crippen molar-refractivity contribution < 1.29 is 9.59 Å². The minimum atomic E-state index is -0.413. The van der Waals surface area contributed by atoms with Crippen LogP contribution in [0.15, 0.2) is 18.2 Å². The van der Waals surface area contributed by atoms with Gasteiger partial charge in [0.15, 0.2) is 0 Å². The molecule has 1 N–H and O–H groups in total. The van der Waals surface area contributed by atoms with Crippen LogP contribution in [0.1, 0.15) is 45.6 Å². The molecule has 2 aliphatic rings. The van der Waals surface area contributed by atoms with Crippen molar-refractivity contribution in [2.24, 2.45) is 11.3 Å². The van der Waals surface area contributed by atoms with Crippen LogP contribution in [0.3, 0.4) is 0 Å². The van der Waals surface area contributed by atoms with E-state index >= 15 is 0 Å². The molecule has 0 atom stereocenters. The zero-order valence-corrected chi connectivity index (χ0v) is 13.6. The monoisotopic (exact) mass is 300 g/mol. The molecule has 0 radical (unpaired) electrons. The summed E-state index contributed by atoms with van der Waals surface area (Å²) < 4.78 is 0. The molecule has 0 unspecified atom stereocenters. The smallest absolute Gasteiger partial charge is 0.230 e. The Labute approximate surface area is 131 Å². The van der Waals surface area contributed by atoms with Gasteiger partial charge < -0.3 is 10.2 Å². The second-order valence-electron chi connectivity index (χ2n) is 7.42. The van der Waals surface area contributed by atoms with Crippen molar-refractivity contribution in [2.75, 3.05) is 16.8 Å². The first kappa shape index (κ1) is 15.1. The maximum atomic E-state index is 12.4. The predicted molar refractivity (Wildman–Crippen MR) is 87.9 cm³/mol. The van der Waals surface area contributed by atoms with Crippen LogP contribution >= 0.6 is 0 Å². The Morgan fingerprint density at radius 3 is 2.59 bits per heavy atom. The van der Waals surface area contributed by atoms with Crippen LogP contribution in [0.4, 0.5) is 11.4 Å². The zero-order chi connectivity index (χ0) is 15.9. The summed E-state index contributed by atoms with van der Waals surface area (Å²) in [6.07, 6.45) is 4.01. The van der Waals surface area contributed by atoms with Crippen LogP contribution in [0.25, 0.3) is 0 Å². The fourth-order valence-electron chi connectivity index (χ4n) is 2.77. The number of fused-ring (bicyclic) bond motifs is 1. The molecule has 1 aliphatic heterocycles. The molecule has 1 fully saturated rings. The molecule has 1 saturated carbocycles. The molecule has 22 heavy (non-hydrogen) atoms. The largest absolute Gasteiger partial charge is 0.326 e. The fourth-order valence-corrected chi connectivity index (χ4v) is 2.77. The number of hydrogen-bond acceptors (Lipinski definition) is 2. The van der Waals surface area contributed by atoms with Crippen molar-refractivity contribution in [1.82, 2.24) is 0 Å². The van der Waals surface area contributed by atoms with Crippen molar-refractivity contribution in [2.45, 2.75) is 46.5 Å². The first-order valence-corrected chi connectivity index (χ1v) is 8.12. The van der Waals surface area contributed by atoms with Gasteiger partial charge in [0, 0.05) is 29.3 Å². The number of amides is 2. The lowest BCUT2D eigenvalue weighted by Gasteiger charge is -2.30. The number of carbonyl (C=O) groups excluding carboxylic acids is 2. The van der Waals surface area contributed by atoms with Crippen molar-refractivity contribution in [3.63, 3.8) is 0 Å². The van der Waals surface area contributed by atoms with E-state index in [0.29, 0.717) is 0 Å². The highest BCUT2D eigenvalue weighted by Crippen LogP contribution is 2.36. The fraction of sp³-hybridized carbons (Fsp3) is 0.556. The number of aryl methyl sites for hydroxylation is 1. The highest BCUT2D eigenvalue weighted by molar-refractivity contribution is 5.98. The van der Waals surface area contributed by atoms with E-state index in [-0.39, 0.29) is 17.7 Å². The van der Waals surface area contributed by atoms with E-state index in [1.165, 1.54) is 0 Å². The number of anilines is 2. The van der Waals surface area contributed by atoms with Crippen molar-refractivity contribution in [3.05, 3.63) is 23.8 Å². The average Bonchev–Trinajstić information content (AvgIpc) is 3.29. The van der Waals surface area contributed by atoms with E-state index in [4.69, 9.17) is 0 Å². The zero-order valence-electron chi connectivity index (χ0n) is 13.6. The Morgan fingerprint density at radius 1 is 1.23 bits per heavy atom. The van der Waals surface area contributed by atoms with E-state index in [1.807, 2.05) is 43.9 Å². The Kier molecular flexibility index (Phi) is 3.71. The van der Waals surface area contributed by atoms with E-state index in [1.54, 1.807) is 0 Å². The standard InChI is InChI=1S/C18H24N2O2/c1-18(2,3)17(22)19-14-8-9-15-13(11-14)5-4-10-20(15)16(21)12-6-7-12/h8-9,11-12H,4-7,10H2,1-3H3,(H,19,22). The third-order valence-corrected chi connectivity index (χ3v) is 4.33. The molecule has 0 aromatic heterocycles. The van der Waals surface area contributed by atoms with Crippen LogP contribution in [-0.2, 0) is 16.0 Å². The molecule has 0 spiro atoms. The van der Waals surface area contributed by atoms with Gasteiger partial charge in [0.2, 0.25) is 11.8 Å². The Morgan fingerprint density at radius 2 is 1.95 bits per heavy atom. The summed E-state index contributed by atoms with van der Waals surface area (Å²) in [6.45, 7) is 6.51. The molecule has 0 bridgehead atoms. The van der Waals surface area contributed by atoms with Crippen LogP contribution in [-0.4, -0.2) is 18.4 Å². The number of nitrogens with zero attached hydrogens (tertiary/aromatic N) is 1. The second-order valence-corrected chi connectivity index (χ2v) is 7.42. The van der Waals surface area contributed by atoms with Gasteiger partial charge in [0.05, 0.1) is 0 Å². The first-order chi connectivity index (χ1) is 10.4.